The summed E-state index contributed by atoms with van der Waals surface area (Å²) in [5, 5.41) is 13.2. The minimum atomic E-state index is -0.699. The topological polar surface area (TPSA) is 55.1 Å². The molecule has 0 radical (unpaired) electrons. The van der Waals surface area contributed by atoms with E-state index >= 15 is 0 Å². The summed E-state index contributed by atoms with van der Waals surface area (Å²) < 4.78 is 2.58. The molecule has 1 N–H and O–H groups in total. The van der Waals surface area contributed by atoms with Crippen LogP contribution < -0.4 is 0 Å². The highest BCUT2D eigenvalue weighted by molar-refractivity contribution is 9.10. The maximum Gasteiger partial charge on any atom is 0.311 e. The molecule has 1 saturated carbocycles. The molecule has 0 amide bonds. The summed E-state index contributed by atoms with van der Waals surface area (Å²) in [6, 6.07) is 0. The summed E-state index contributed by atoms with van der Waals surface area (Å²) in [5.41, 5.74) is -0.564. The Morgan fingerprint density at radius 1 is 1.71 bits per heavy atom. The molecule has 1 aliphatic rings. The predicted molar refractivity (Wildman–Crippen MR) is 53.8 cm³/mol. The van der Waals surface area contributed by atoms with E-state index in [9.17, 15) is 4.79 Å². The molecule has 5 heteroatoms. The summed E-state index contributed by atoms with van der Waals surface area (Å²) in [7, 11) is 0. The van der Waals surface area contributed by atoms with Gasteiger partial charge in [0.2, 0.25) is 0 Å². The van der Waals surface area contributed by atoms with Gasteiger partial charge in [0.05, 0.1) is 22.6 Å². The number of rotatable bonds is 3. The molecule has 2 rings (SSSR count). The van der Waals surface area contributed by atoms with Crippen LogP contribution in [0.3, 0.4) is 0 Å². The van der Waals surface area contributed by atoms with Crippen LogP contribution in [0.15, 0.2) is 16.9 Å². The quantitative estimate of drug-likeness (QED) is 0.901. The summed E-state index contributed by atoms with van der Waals surface area (Å²) in [6.07, 6.45) is 6.02. The van der Waals surface area contributed by atoms with Gasteiger partial charge in [-0.15, -0.1) is 0 Å². The van der Waals surface area contributed by atoms with E-state index in [2.05, 4.69) is 21.0 Å². The summed E-state index contributed by atoms with van der Waals surface area (Å²) in [5.74, 6) is -0.699. The first kappa shape index (κ1) is 9.71. The standard InChI is InChI=1S/C9H11BrN2O2/c10-7-4-11-12(5-7)6-9(8(13)14)2-1-3-9/h4-5H,1-3,6H2,(H,13,14). The van der Waals surface area contributed by atoms with Crippen LogP contribution in [0.5, 0.6) is 0 Å². The molecule has 1 aromatic rings. The first-order valence-electron chi connectivity index (χ1n) is 4.54. The summed E-state index contributed by atoms with van der Waals surface area (Å²) in [6.45, 7) is 0.480. The van der Waals surface area contributed by atoms with Gasteiger partial charge in [-0.05, 0) is 28.8 Å². The van der Waals surface area contributed by atoms with Gasteiger partial charge in [0.25, 0.3) is 0 Å². The van der Waals surface area contributed by atoms with Crippen molar-refractivity contribution >= 4 is 21.9 Å². The summed E-state index contributed by atoms with van der Waals surface area (Å²) >= 11 is 3.29. The van der Waals surface area contributed by atoms with Gasteiger partial charge in [0.15, 0.2) is 0 Å². The van der Waals surface area contributed by atoms with Crippen molar-refractivity contribution in [3.63, 3.8) is 0 Å². The number of nitrogens with zero attached hydrogens (tertiary/aromatic N) is 2. The van der Waals surface area contributed by atoms with Gasteiger partial charge < -0.3 is 5.11 Å². The number of carboxylic acids is 1. The molecule has 0 aromatic carbocycles. The molecule has 1 aliphatic carbocycles. The van der Waals surface area contributed by atoms with E-state index in [0.717, 1.165) is 23.7 Å². The van der Waals surface area contributed by atoms with Gasteiger partial charge in [-0.25, -0.2) is 0 Å². The van der Waals surface area contributed by atoms with Crippen LogP contribution in [0.4, 0.5) is 0 Å². The highest BCUT2D eigenvalue weighted by Crippen LogP contribution is 2.42. The number of aromatic nitrogens is 2. The Labute approximate surface area is 90.0 Å². The minimum absolute atomic E-state index is 0.480. The second-order valence-electron chi connectivity index (χ2n) is 3.80. The number of carboxylic acid groups (broad SMARTS) is 1. The van der Waals surface area contributed by atoms with E-state index in [1.165, 1.54) is 0 Å². The lowest BCUT2D eigenvalue weighted by molar-refractivity contribution is -0.156. The minimum Gasteiger partial charge on any atom is -0.481 e. The van der Waals surface area contributed by atoms with E-state index in [4.69, 9.17) is 5.11 Å². The van der Waals surface area contributed by atoms with E-state index < -0.39 is 11.4 Å². The average molecular weight is 259 g/mol. The molecule has 0 atom stereocenters. The largest absolute Gasteiger partial charge is 0.481 e. The first-order valence-corrected chi connectivity index (χ1v) is 5.33. The zero-order chi connectivity index (χ0) is 10.2. The number of carbonyl (C=O) groups is 1. The van der Waals surface area contributed by atoms with Crippen LogP contribution in [0.1, 0.15) is 19.3 Å². The molecule has 1 fully saturated rings. The molecule has 14 heavy (non-hydrogen) atoms. The lowest BCUT2D eigenvalue weighted by Crippen LogP contribution is -2.41. The van der Waals surface area contributed by atoms with Crippen molar-refractivity contribution < 1.29 is 9.90 Å². The Hall–Kier alpha value is -0.840. The van der Waals surface area contributed by atoms with Crippen molar-refractivity contribution in [3.8, 4) is 0 Å². The lowest BCUT2D eigenvalue weighted by atomic mass is 9.69. The van der Waals surface area contributed by atoms with Crippen LogP contribution in [0.25, 0.3) is 0 Å². The third kappa shape index (κ3) is 1.56. The number of hydrogen-bond acceptors (Lipinski definition) is 2. The third-order valence-electron chi connectivity index (χ3n) is 2.83. The Balaban J connectivity index is 2.12. The van der Waals surface area contributed by atoms with Gasteiger partial charge in [0, 0.05) is 6.20 Å². The molecule has 0 saturated heterocycles. The van der Waals surface area contributed by atoms with Gasteiger partial charge in [0.1, 0.15) is 0 Å². The molecule has 4 nitrogen and oxygen atoms in total. The maximum atomic E-state index is 11.1. The van der Waals surface area contributed by atoms with Crippen molar-refractivity contribution in [3.05, 3.63) is 16.9 Å². The highest BCUT2D eigenvalue weighted by Gasteiger charge is 2.44. The maximum absolute atomic E-state index is 11.1. The van der Waals surface area contributed by atoms with E-state index in [1.54, 1.807) is 10.9 Å². The van der Waals surface area contributed by atoms with Crippen molar-refractivity contribution in [2.24, 2.45) is 5.41 Å². The fourth-order valence-corrected chi connectivity index (χ4v) is 2.11. The third-order valence-corrected chi connectivity index (χ3v) is 3.24. The zero-order valence-corrected chi connectivity index (χ0v) is 9.20. The summed E-state index contributed by atoms with van der Waals surface area (Å²) in [4.78, 5) is 11.1. The molecule has 0 spiro atoms. The van der Waals surface area contributed by atoms with Gasteiger partial charge >= 0.3 is 5.97 Å². The van der Waals surface area contributed by atoms with Crippen molar-refractivity contribution in [1.82, 2.24) is 9.78 Å². The Morgan fingerprint density at radius 2 is 2.43 bits per heavy atom. The van der Waals surface area contributed by atoms with Crippen molar-refractivity contribution in [1.29, 1.82) is 0 Å². The Morgan fingerprint density at radius 3 is 2.79 bits per heavy atom. The fourth-order valence-electron chi connectivity index (χ4n) is 1.78. The smallest absolute Gasteiger partial charge is 0.311 e. The van der Waals surface area contributed by atoms with Gasteiger partial charge in [-0.1, -0.05) is 6.42 Å². The number of aliphatic carboxylic acids is 1. The molecule has 0 aliphatic heterocycles. The molecular formula is C9H11BrN2O2. The molecular weight excluding hydrogens is 248 g/mol. The monoisotopic (exact) mass is 258 g/mol. The number of hydrogen-bond donors (Lipinski definition) is 1. The SMILES string of the molecule is O=C(O)C1(Cn2cc(Br)cn2)CCC1. The van der Waals surface area contributed by atoms with E-state index in [1.807, 2.05) is 6.20 Å². The zero-order valence-electron chi connectivity index (χ0n) is 7.61. The average Bonchev–Trinajstić information content (AvgIpc) is 2.43. The van der Waals surface area contributed by atoms with Gasteiger partial charge in [-0.3, -0.25) is 9.48 Å². The molecule has 1 heterocycles. The molecule has 76 valence electrons. The highest BCUT2D eigenvalue weighted by atomic mass is 79.9. The lowest BCUT2D eigenvalue weighted by Gasteiger charge is -2.37. The van der Waals surface area contributed by atoms with Crippen LogP contribution >= 0.6 is 15.9 Å². The van der Waals surface area contributed by atoms with E-state index in [0.29, 0.717) is 6.54 Å². The first-order chi connectivity index (χ1) is 6.62. The molecule has 0 unspecified atom stereocenters. The van der Waals surface area contributed by atoms with Crippen LogP contribution in [0, 0.1) is 5.41 Å². The van der Waals surface area contributed by atoms with Gasteiger partial charge in [-0.2, -0.15) is 5.10 Å². The van der Waals surface area contributed by atoms with Crippen molar-refractivity contribution in [2.45, 2.75) is 25.8 Å². The second kappa shape index (κ2) is 3.38. The predicted octanol–water partition coefficient (Wildman–Crippen LogP) is 1.90. The second-order valence-corrected chi connectivity index (χ2v) is 4.71. The normalized spacial score (nSPS) is 18.9. The Kier molecular flexibility index (Phi) is 2.34. The van der Waals surface area contributed by atoms with Crippen LogP contribution in [-0.2, 0) is 11.3 Å². The number of halogens is 1. The van der Waals surface area contributed by atoms with Crippen LogP contribution in [0.2, 0.25) is 0 Å². The Bertz CT molecular complexity index is 357. The molecule has 1 aromatic heterocycles. The van der Waals surface area contributed by atoms with Crippen molar-refractivity contribution in [2.75, 3.05) is 0 Å². The van der Waals surface area contributed by atoms with E-state index in [-0.39, 0.29) is 0 Å². The van der Waals surface area contributed by atoms with Crippen LogP contribution in [-0.4, -0.2) is 20.9 Å². The molecule has 0 bridgehead atoms. The fraction of sp³-hybridized carbons (Fsp3) is 0.556.